The number of aliphatic hydroxyl groups is 1. The number of ketones is 1. The van der Waals surface area contributed by atoms with Crippen LogP contribution >= 0.6 is 0 Å². The maximum Gasteiger partial charge on any atom is 0.295 e. The van der Waals surface area contributed by atoms with Crippen molar-refractivity contribution in [2.24, 2.45) is 0 Å². The highest BCUT2D eigenvalue weighted by molar-refractivity contribution is 6.46. The molecule has 0 radical (unpaired) electrons. The Labute approximate surface area is 181 Å². The highest BCUT2D eigenvalue weighted by atomic mass is 16.3. The Balaban J connectivity index is 1.81. The zero-order chi connectivity index (χ0) is 22.0. The Morgan fingerprint density at radius 3 is 2.42 bits per heavy atom. The molecule has 4 rings (SSSR count). The minimum atomic E-state index is -0.661. The Morgan fingerprint density at radius 2 is 1.71 bits per heavy atom. The fourth-order valence-corrected chi connectivity index (χ4v) is 4.03. The summed E-state index contributed by atoms with van der Waals surface area (Å²) >= 11 is 0. The van der Waals surface area contributed by atoms with E-state index >= 15 is 0 Å². The zero-order valence-corrected chi connectivity index (χ0v) is 17.6. The van der Waals surface area contributed by atoms with Crippen LogP contribution in [0.25, 0.3) is 5.76 Å². The molecule has 1 aromatic heterocycles. The van der Waals surface area contributed by atoms with Gasteiger partial charge >= 0.3 is 0 Å². The average Bonchev–Trinajstić information content (AvgIpc) is 3.05. The third-order valence-corrected chi connectivity index (χ3v) is 5.69. The van der Waals surface area contributed by atoms with Gasteiger partial charge in [0.15, 0.2) is 0 Å². The largest absolute Gasteiger partial charge is 0.507 e. The molecule has 1 saturated heterocycles. The maximum absolute atomic E-state index is 13.1. The van der Waals surface area contributed by atoms with Gasteiger partial charge in [0.2, 0.25) is 0 Å². The summed E-state index contributed by atoms with van der Waals surface area (Å²) in [6.07, 6.45) is 3.87. The molecule has 31 heavy (non-hydrogen) atoms. The molecule has 1 aliphatic heterocycles. The minimum absolute atomic E-state index is 0.123. The van der Waals surface area contributed by atoms with E-state index in [0.717, 1.165) is 22.3 Å². The number of rotatable bonds is 5. The van der Waals surface area contributed by atoms with Crippen LogP contribution in [0.2, 0.25) is 0 Å². The molecule has 1 fully saturated rings. The lowest BCUT2D eigenvalue weighted by atomic mass is 9.93. The highest BCUT2D eigenvalue weighted by Crippen LogP contribution is 2.39. The SMILES string of the molecule is Cc1ccc(C)c(C(O)=C2C(=O)C(=O)N(CCc3ccccc3)C2c2ccncc2)c1. The van der Waals surface area contributed by atoms with Crippen LogP contribution in [0.1, 0.15) is 33.9 Å². The molecule has 1 unspecified atom stereocenters. The van der Waals surface area contributed by atoms with Crippen molar-refractivity contribution in [3.05, 3.63) is 106 Å². The van der Waals surface area contributed by atoms with Crippen molar-refractivity contribution in [3.63, 3.8) is 0 Å². The van der Waals surface area contributed by atoms with E-state index in [-0.39, 0.29) is 11.3 Å². The van der Waals surface area contributed by atoms with Crippen molar-refractivity contribution < 1.29 is 14.7 Å². The van der Waals surface area contributed by atoms with Crippen molar-refractivity contribution in [1.82, 2.24) is 9.88 Å². The summed E-state index contributed by atoms with van der Waals surface area (Å²) in [5.74, 6) is -1.39. The molecular weight excluding hydrogens is 388 g/mol. The second-order valence-electron chi connectivity index (χ2n) is 7.83. The molecular formula is C26H24N2O3. The number of aromatic nitrogens is 1. The molecule has 0 bridgehead atoms. The van der Waals surface area contributed by atoms with Gasteiger partial charge in [-0.1, -0.05) is 48.0 Å². The molecule has 5 heteroatoms. The first kappa shape index (κ1) is 20.5. The van der Waals surface area contributed by atoms with Crippen LogP contribution in [-0.4, -0.2) is 33.2 Å². The number of hydrogen-bond donors (Lipinski definition) is 1. The first-order valence-electron chi connectivity index (χ1n) is 10.3. The molecule has 1 N–H and O–H groups in total. The van der Waals surface area contributed by atoms with Gasteiger partial charge in [0.25, 0.3) is 11.7 Å². The second kappa shape index (κ2) is 8.56. The monoisotopic (exact) mass is 412 g/mol. The first-order valence-corrected chi connectivity index (χ1v) is 10.3. The average molecular weight is 412 g/mol. The summed E-state index contributed by atoms with van der Waals surface area (Å²) in [6.45, 7) is 4.17. The highest BCUT2D eigenvalue weighted by Gasteiger charge is 2.45. The standard InChI is InChI=1S/C26H24N2O3/c1-17-8-9-18(2)21(16-17)24(29)22-23(20-10-13-27-14-11-20)28(26(31)25(22)30)15-12-19-6-4-3-5-7-19/h3-11,13-14,16,23,29H,12,15H2,1-2H3. The van der Waals surface area contributed by atoms with E-state index in [1.165, 1.54) is 0 Å². The van der Waals surface area contributed by atoms with E-state index in [1.807, 2.05) is 62.4 Å². The number of likely N-dealkylation sites (tertiary alicyclic amines) is 1. The summed E-state index contributed by atoms with van der Waals surface area (Å²) in [7, 11) is 0. The molecule has 3 aromatic rings. The van der Waals surface area contributed by atoms with Crippen molar-refractivity contribution in [2.45, 2.75) is 26.3 Å². The number of nitrogens with zero attached hydrogens (tertiary/aromatic N) is 2. The smallest absolute Gasteiger partial charge is 0.295 e. The van der Waals surface area contributed by atoms with Crippen LogP contribution in [0.5, 0.6) is 0 Å². The number of pyridine rings is 1. The van der Waals surface area contributed by atoms with Crippen molar-refractivity contribution in [1.29, 1.82) is 0 Å². The van der Waals surface area contributed by atoms with Gasteiger partial charge in [-0.2, -0.15) is 0 Å². The molecule has 1 atom stereocenters. The van der Waals surface area contributed by atoms with E-state index in [9.17, 15) is 14.7 Å². The molecule has 2 heterocycles. The predicted molar refractivity (Wildman–Crippen MR) is 119 cm³/mol. The summed E-state index contributed by atoms with van der Waals surface area (Å²) in [4.78, 5) is 31.7. The summed E-state index contributed by atoms with van der Waals surface area (Å²) in [6, 6.07) is 18.4. The van der Waals surface area contributed by atoms with Gasteiger partial charge in [-0.15, -0.1) is 0 Å². The van der Waals surface area contributed by atoms with Gasteiger partial charge in [0, 0.05) is 24.5 Å². The normalized spacial score (nSPS) is 17.9. The molecule has 0 aliphatic carbocycles. The predicted octanol–water partition coefficient (Wildman–Crippen LogP) is 4.36. The number of aliphatic hydroxyl groups excluding tert-OH is 1. The van der Waals surface area contributed by atoms with Crippen molar-refractivity contribution in [2.75, 3.05) is 6.54 Å². The Morgan fingerprint density at radius 1 is 1.00 bits per heavy atom. The third kappa shape index (κ3) is 3.99. The number of amides is 1. The molecule has 0 spiro atoms. The zero-order valence-electron chi connectivity index (χ0n) is 17.6. The van der Waals surface area contributed by atoms with E-state index < -0.39 is 17.7 Å². The lowest BCUT2D eigenvalue weighted by Crippen LogP contribution is -2.31. The lowest BCUT2D eigenvalue weighted by Gasteiger charge is -2.25. The van der Waals surface area contributed by atoms with Gasteiger partial charge in [0.1, 0.15) is 5.76 Å². The third-order valence-electron chi connectivity index (χ3n) is 5.69. The van der Waals surface area contributed by atoms with Crippen molar-refractivity contribution >= 4 is 17.4 Å². The van der Waals surface area contributed by atoms with E-state index in [2.05, 4.69) is 4.98 Å². The Kier molecular flexibility index (Phi) is 5.67. The molecule has 1 aliphatic rings. The van der Waals surface area contributed by atoms with E-state index in [1.54, 1.807) is 29.4 Å². The van der Waals surface area contributed by atoms with Gasteiger partial charge in [0.05, 0.1) is 11.6 Å². The molecule has 1 amide bonds. The number of benzene rings is 2. The van der Waals surface area contributed by atoms with Gasteiger partial charge < -0.3 is 10.0 Å². The summed E-state index contributed by atoms with van der Waals surface area (Å²) in [5.41, 5.74) is 4.32. The second-order valence-corrected chi connectivity index (χ2v) is 7.83. The van der Waals surface area contributed by atoms with Crippen LogP contribution < -0.4 is 0 Å². The molecule has 156 valence electrons. The Bertz CT molecular complexity index is 1150. The number of carbonyl (C=O) groups excluding carboxylic acids is 2. The number of aryl methyl sites for hydroxylation is 2. The van der Waals surface area contributed by atoms with Gasteiger partial charge in [-0.3, -0.25) is 14.6 Å². The van der Waals surface area contributed by atoms with Crippen LogP contribution in [0, 0.1) is 13.8 Å². The number of Topliss-reactive ketones (excluding diaryl/α,β-unsaturated/α-hetero) is 1. The molecule has 5 nitrogen and oxygen atoms in total. The van der Waals surface area contributed by atoms with Crippen LogP contribution in [-0.2, 0) is 16.0 Å². The van der Waals surface area contributed by atoms with Crippen LogP contribution in [0.4, 0.5) is 0 Å². The fourth-order valence-electron chi connectivity index (χ4n) is 4.03. The first-order chi connectivity index (χ1) is 15.0. The minimum Gasteiger partial charge on any atom is -0.507 e. The van der Waals surface area contributed by atoms with Crippen LogP contribution in [0.15, 0.2) is 78.6 Å². The van der Waals surface area contributed by atoms with Crippen molar-refractivity contribution in [3.8, 4) is 0 Å². The molecule has 2 aromatic carbocycles. The summed E-state index contributed by atoms with van der Waals surface area (Å²) < 4.78 is 0. The topological polar surface area (TPSA) is 70.5 Å². The maximum atomic E-state index is 13.1. The van der Waals surface area contributed by atoms with E-state index in [0.29, 0.717) is 18.5 Å². The summed E-state index contributed by atoms with van der Waals surface area (Å²) in [5, 5.41) is 11.2. The molecule has 0 saturated carbocycles. The van der Waals surface area contributed by atoms with Crippen LogP contribution in [0.3, 0.4) is 0 Å². The van der Waals surface area contributed by atoms with Gasteiger partial charge in [-0.25, -0.2) is 0 Å². The Hall–Kier alpha value is -3.73. The number of hydrogen-bond acceptors (Lipinski definition) is 4. The lowest BCUT2D eigenvalue weighted by molar-refractivity contribution is -0.139. The fraction of sp³-hybridized carbons (Fsp3) is 0.192. The quantitative estimate of drug-likeness (QED) is 0.384. The van der Waals surface area contributed by atoms with E-state index in [4.69, 9.17) is 0 Å². The number of carbonyl (C=O) groups is 2. The van der Waals surface area contributed by atoms with Gasteiger partial charge in [-0.05, 0) is 55.2 Å².